The Morgan fingerprint density at radius 2 is 1.61 bits per heavy atom. The van der Waals surface area contributed by atoms with E-state index in [0.717, 1.165) is 59.8 Å². The second kappa shape index (κ2) is 10.1. The molecule has 5 rings (SSSR count). The van der Waals surface area contributed by atoms with Crippen LogP contribution in [0.1, 0.15) is 15.9 Å². The minimum absolute atomic E-state index is 0.104. The molecule has 1 fully saturated rings. The number of hydrogen-bond donors (Lipinski definition) is 1. The number of para-hydroxylation sites is 1. The van der Waals surface area contributed by atoms with Crippen LogP contribution in [0.5, 0.6) is 0 Å². The Morgan fingerprint density at radius 3 is 2.39 bits per heavy atom. The zero-order chi connectivity index (χ0) is 22.5. The van der Waals surface area contributed by atoms with Gasteiger partial charge in [0.1, 0.15) is 0 Å². The largest absolute Gasteiger partial charge is 0.336 e. The molecule has 166 valence electrons. The van der Waals surface area contributed by atoms with Gasteiger partial charge < -0.3 is 9.62 Å². The van der Waals surface area contributed by atoms with Gasteiger partial charge in [0, 0.05) is 55.6 Å². The first-order valence-electron chi connectivity index (χ1n) is 11.2. The lowest BCUT2D eigenvalue weighted by Gasteiger charge is -2.34. The molecule has 0 saturated carbocycles. The maximum Gasteiger partial charge on any atom is 0.253 e. The molecule has 0 atom stereocenters. The molecular weight excluding hydrogens is 428 g/mol. The highest BCUT2D eigenvalue weighted by Gasteiger charge is 2.22. The highest BCUT2D eigenvalue weighted by Crippen LogP contribution is 2.27. The quantitative estimate of drug-likeness (QED) is 0.400. The zero-order valence-corrected chi connectivity index (χ0v) is 19.2. The van der Waals surface area contributed by atoms with Gasteiger partial charge in [0.15, 0.2) is 0 Å². The molecule has 3 aromatic carbocycles. The Bertz CT molecular complexity index is 1220. The van der Waals surface area contributed by atoms with E-state index in [-0.39, 0.29) is 5.91 Å². The molecule has 6 heteroatoms. The number of carbonyl (C=O) groups is 1. The lowest BCUT2D eigenvalue weighted by Crippen LogP contribution is -2.48. The van der Waals surface area contributed by atoms with Crippen molar-refractivity contribution in [3.63, 3.8) is 0 Å². The maximum absolute atomic E-state index is 13.0. The molecular formula is C27H26N4OS. The van der Waals surface area contributed by atoms with E-state index in [4.69, 9.17) is 0 Å². The Labute approximate surface area is 198 Å². The van der Waals surface area contributed by atoms with Crippen molar-refractivity contribution in [2.24, 2.45) is 0 Å². The number of amides is 1. The van der Waals surface area contributed by atoms with Crippen LogP contribution in [0.4, 0.5) is 5.69 Å². The normalized spacial score (nSPS) is 14.4. The third kappa shape index (κ3) is 5.18. The van der Waals surface area contributed by atoms with Crippen LogP contribution in [-0.2, 0) is 6.54 Å². The van der Waals surface area contributed by atoms with E-state index in [1.165, 1.54) is 17.5 Å². The van der Waals surface area contributed by atoms with Gasteiger partial charge in [-0.25, -0.2) is 0 Å². The van der Waals surface area contributed by atoms with Crippen molar-refractivity contribution in [1.82, 2.24) is 14.8 Å². The van der Waals surface area contributed by atoms with E-state index in [2.05, 4.69) is 57.1 Å². The van der Waals surface area contributed by atoms with Crippen molar-refractivity contribution in [3.8, 4) is 0 Å². The second-order valence-electron chi connectivity index (χ2n) is 8.17. The van der Waals surface area contributed by atoms with Gasteiger partial charge in [-0.15, -0.1) is 0 Å². The van der Waals surface area contributed by atoms with Crippen LogP contribution >= 0.6 is 11.9 Å². The monoisotopic (exact) mass is 454 g/mol. The average Bonchev–Trinajstić information content (AvgIpc) is 2.88. The third-order valence-electron chi connectivity index (χ3n) is 5.91. The summed E-state index contributed by atoms with van der Waals surface area (Å²) in [6.07, 6.45) is 1.81. The van der Waals surface area contributed by atoms with Crippen molar-refractivity contribution in [1.29, 1.82) is 0 Å². The smallest absolute Gasteiger partial charge is 0.253 e. The van der Waals surface area contributed by atoms with E-state index in [0.29, 0.717) is 0 Å². The number of fused-ring (bicyclic) bond motifs is 1. The first-order chi connectivity index (χ1) is 16.3. The molecule has 1 N–H and O–H groups in total. The first-order valence-corrected chi connectivity index (χ1v) is 12.0. The predicted molar refractivity (Wildman–Crippen MR) is 135 cm³/mol. The molecule has 1 aromatic heterocycles. The van der Waals surface area contributed by atoms with E-state index >= 15 is 0 Å². The van der Waals surface area contributed by atoms with Gasteiger partial charge >= 0.3 is 0 Å². The number of hydrogen-bond acceptors (Lipinski definition) is 5. The molecule has 1 aliphatic heterocycles. The fourth-order valence-corrected chi connectivity index (χ4v) is 4.86. The number of pyridine rings is 1. The van der Waals surface area contributed by atoms with E-state index in [1.807, 2.05) is 53.6 Å². The fourth-order valence-electron chi connectivity index (χ4n) is 4.09. The minimum Gasteiger partial charge on any atom is -0.336 e. The van der Waals surface area contributed by atoms with Crippen LogP contribution in [0.25, 0.3) is 10.9 Å². The molecule has 33 heavy (non-hydrogen) atoms. The molecule has 2 heterocycles. The highest BCUT2D eigenvalue weighted by molar-refractivity contribution is 8.00. The lowest BCUT2D eigenvalue weighted by molar-refractivity contribution is 0.0628. The van der Waals surface area contributed by atoms with Gasteiger partial charge in [0.2, 0.25) is 0 Å². The molecule has 5 nitrogen and oxygen atoms in total. The molecule has 0 spiro atoms. The van der Waals surface area contributed by atoms with Crippen LogP contribution in [-0.4, -0.2) is 46.9 Å². The summed E-state index contributed by atoms with van der Waals surface area (Å²) in [5, 5.41) is 1.12. The summed E-state index contributed by atoms with van der Waals surface area (Å²) in [6.45, 7) is 4.25. The van der Waals surface area contributed by atoms with Gasteiger partial charge in [-0.05, 0) is 53.9 Å². The van der Waals surface area contributed by atoms with Crippen molar-refractivity contribution in [2.75, 3.05) is 30.9 Å². The van der Waals surface area contributed by atoms with Gasteiger partial charge in [0.25, 0.3) is 5.91 Å². The number of nitrogens with zero attached hydrogens (tertiary/aromatic N) is 3. The second-order valence-corrected chi connectivity index (χ2v) is 9.01. The van der Waals surface area contributed by atoms with Crippen molar-refractivity contribution in [2.45, 2.75) is 11.4 Å². The Balaban J connectivity index is 1.15. The minimum atomic E-state index is 0.104. The molecule has 1 aliphatic rings. The third-order valence-corrected chi connectivity index (χ3v) is 6.80. The van der Waals surface area contributed by atoms with Crippen LogP contribution in [0.15, 0.2) is 96.0 Å². The van der Waals surface area contributed by atoms with Crippen LogP contribution in [0, 0.1) is 0 Å². The Hall–Kier alpha value is -3.35. The first kappa shape index (κ1) is 21.5. The molecule has 4 aromatic rings. The van der Waals surface area contributed by atoms with Gasteiger partial charge in [-0.2, -0.15) is 0 Å². The number of carbonyl (C=O) groups excluding carboxylic acids is 1. The van der Waals surface area contributed by atoms with Crippen molar-refractivity contribution >= 4 is 34.4 Å². The van der Waals surface area contributed by atoms with Crippen molar-refractivity contribution in [3.05, 3.63) is 102 Å². The number of aromatic nitrogens is 1. The summed E-state index contributed by atoms with van der Waals surface area (Å²) >= 11 is 1.53. The maximum atomic E-state index is 13.0. The Kier molecular flexibility index (Phi) is 6.56. The topological polar surface area (TPSA) is 48.5 Å². The number of nitrogens with one attached hydrogen (secondary N) is 1. The van der Waals surface area contributed by atoms with Crippen LogP contribution in [0.2, 0.25) is 0 Å². The summed E-state index contributed by atoms with van der Waals surface area (Å²) in [6, 6.07) is 28.4. The molecule has 1 amide bonds. The summed E-state index contributed by atoms with van der Waals surface area (Å²) in [5.41, 5.74) is 3.99. The van der Waals surface area contributed by atoms with Crippen LogP contribution < -0.4 is 4.72 Å². The lowest BCUT2D eigenvalue weighted by atomic mass is 10.1. The fraction of sp³-hybridized carbons (Fsp3) is 0.185. The highest BCUT2D eigenvalue weighted by atomic mass is 32.2. The van der Waals surface area contributed by atoms with Gasteiger partial charge in [-0.3, -0.25) is 14.7 Å². The molecule has 1 saturated heterocycles. The number of anilines is 1. The average molecular weight is 455 g/mol. The van der Waals surface area contributed by atoms with Gasteiger partial charge in [-0.1, -0.05) is 48.5 Å². The Morgan fingerprint density at radius 1 is 0.848 bits per heavy atom. The van der Waals surface area contributed by atoms with Crippen LogP contribution in [0.3, 0.4) is 0 Å². The number of piperazine rings is 1. The number of rotatable bonds is 6. The number of benzene rings is 3. The van der Waals surface area contributed by atoms with E-state index < -0.39 is 0 Å². The molecule has 0 radical (unpaired) electrons. The summed E-state index contributed by atoms with van der Waals surface area (Å²) in [7, 11) is 0. The zero-order valence-electron chi connectivity index (χ0n) is 18.4. The summed E-state index contributed by atoms with van der Waals surface area (Å²) in [4.78, 5) is 22.9. The molecule has 0 bridgehead atoms. The van der Waals surface area contributed by atoms with Gasteiger partial charge in [0.05, 0.1) is 10.4 Å². The summed E-state index contributed by atoms with van der Waals surface area (Å²) in [5.74, 6) is 0.104. The summed E-state index contributed by atoms with van der Waals surface area (Å²) < 4.78 is 3.37. The molecule has 0 unspecified atom stereocenters. The SMILES string of the molecule is O=C(c1ccc(NSc2cccc3cccnc23)cc1)N1CCN(Cc2ccccc2)CC1. The van der Waals surface area contributed by atoms with E-state index in [1.54, 1.807) is 0 Å². The predicted octanol–water partition coefficient (Wildman–Crippen LogP) is 5.31. The standard InChI is InChI=1S/C27H26N4OS/c32-27(31-18-16-30(17-19-31)20-21-6-2-1-3-7-21)23-11-13-24(14-12-23)29-33-25-10-4-8-22-9-5-15-28-26(22)25/h1-15,29H,16-20H2. The molecule has 0 aliphatic carbocycles. The van der Waals surface area contributed by atoms with E-state index in [9.17, 15) is 4.79 Å². The van der Waals surface area contributed by atoms with Crippen molar-refractivity contribution < 1.29 is 4.79 Å².